The molecule has 2 bridgehead atoms. The molecule has 3 heterocycles. The summed E-state index contributed by atoms with van der Waals surface area (Å²) in [5.74, 6) is -1.10. The van der Waals surface area contributed by atoms with Gasteiger partial charge in [0.1, 0.15) is 10.9 Å². The van der Waals surface area contributed by atoms with Crippen molar-refractivity contribution in [3.63, 3.8) is 0 Å². The molecule has 5 atom stereocenters. The average Bonchev–Trinajstić information content (AvgIpc) is 3.39. The van der Waals surface area contributed by atoms with E-state index in [1.165, 1.54) is 0 Å². The highest BCUT2D eigenvalue weighted by Crippen LogP contribution is 2.53. The highest BCUT2D eigenvalue weighted by molar-refractivity contribution is 9.10. The number of Topliss-reactive ketones (excluding diaryl/α,β-unsaturated/α-hetero) is 2. The Morgan fingerprint density at radius 1 is 1.12 bits per heavy atom. The summed E-state index contributed by atoms with van der Waals surface area (Å²) in [6.07, 6.45) is 2.47. The van der Waals surface area contributed by atoms with Crippen molar-refractivity contribution in [2.24, 2.45) is 11.8 Å². The molecule has 0 N–H and O–H groups in total. The van der Waals surface area contributed by atoms with E-state index >= 15 is 0 Å². The quantitative estimate of drug-likeness (QED) is 0.684. The molecule has 2 saturated heterocycles. The average molecular weight is 432 g/mol. The highest BCUT2D eigenvalue weighted by atomic mass is 79.9. The maximum atomic E-state index is 13.1. The van der Waals surface area contributed by atoms with Crippen LogP contribution in [0.5, 0.6) is 0 Å². The minimum Gasteiger partial charge on any atom is -0.373 e. The number of hydrogen-bond acceptors (Lipinski definition) is 5. The predicted octanol–water partition coefficient (Wildman–Crippen LogP) is 4.16. The van der Waals surface area contributed by atoms with Gasteiger partial charge >= 0.3 is 0 Å². The number of hydrogen-bond donors (Lipinski definition) is 0. The Morgan fingerprint density at radius 2 is 1.73 bits per heavy atom. The number of rotatable bonds is 3. The van der Waals surface area contributed by atoms with Crippen molar-refractivity contribution in [2.45, 2.75) is 44.3 Å². The lowest BCUT2D eigenvalue weighted by molar-refractivity contribution is -0.127. The summed E-state index contributed by atoms with van der Waals surface area (Å²) in [5.41, 5.74) is 1.71. The molecule has 0 amide bonds. The van der Waals surface area contributed by atoms with Gasteiger partial charge < -0.3 is 4.74 Å². The zero-order chi connectivity index (χ0) is 18.0. The second-order valence-corrected chi connectivity index (χ2v) is 9.27. The molecule has 0 radical (unpaired) electrons. The van der Waals surface area contributed by atoms with E-state index in [1.807, 2.05) is 24.3 Å². The van der Waals surface area contributed by atoms with E-state index in [0.29, 0.717) is 5.69 Å². The van der Waals surface area contributed by atoms with Crippen LogP contribution in [0.15, 0.2) is 28.7 Å². The second kappa shape index (κ2) is 6.08. The van der Waals surface area contributed by atoms with Crippen LogP contribution in [0, 0.1) is 11.8 Å². The molecule has 2 aliphatic heterocycles. The SMILES string of the molecule is CCc1sc(-c2ccc(Br)cc2)nc1C1C(=O)[C@@H]2C3CCC(O3)[C@@H]2C1=O. The lowest BCUT2D eigenvalue weighted by atomic mass is 9.81. The van der Waals surface area contributed by atoms with Crippen molar-refractivity contribution in [1.29, 1.82) is 0 Å². The van der Waals surface area contributed by atoms with Gasteiger partial charge in [0.25, 0.3) is 0 Å². The predicted molar refractivity (Wildman–Crippen MR) is 102 cm³/mol. The van der Waals surface area contributed by atoms with Gasteiger partial charge in [-0.1, -0.05) is 35.0 Å². The van der Waals surface area contributed by atoms with Crippen LogP contribution in [0.25, 0.3) is 10.6 Å². The number of halogens is 1. The van der Waals surface area contributed by atoms with Crippen LogP contribution in [0.2, 0.25) is 0 Å². The molecule has 1 aliphatic carbocycles. The van der Waals surface area contributed by atoms with Gasteiger partial charge in [-0.15, -0.1) is 11.3 Å². The fraction of sp³-hybridized carbons (Fsp3) is 0.450. The highest BCUT2D eigenvalue weighted by Gasteiger charge is 2.63. The molecule has 3 aliphatic rings. The summed E-state index contributed by atoms with van der Waals surface area (Å²) in [7, 11) is 0. The first-order valence-corrected chi connectivity index (χ1v) is 10.7. The van der Waals surface area contributed by atoms with Crippen LogP contribution in [-0.4, -0.2) is 28.8 Å². The number of nitrogens with zero attached hydrogens (tertiary/aromatic N) is 1. The topological polar surface area (TPSA) is 56.3 Å². The zero-order valence-corrected chi connectivity index (χ0v) is 16.7. The smallest absolute Gasteiger partial charge is 0.155 e. The number of ether oxygens (including phenoxy) is 1. The lowest BCUT2D eigenvalue weighted by Gasteiger charge is -2.16. The standard InChI is InChI=1S/C20H18BrNO3S/c1-2-13-17(22-20(26-13)9-3-5-10(21)6-4-9)16-18(23)14-11-7-8-12(25-11)15(14)19(16)24/h3-6,11-12,14-16H,2,7-8H2,1H3/t11?,12?,14-,15+,16?. The van der Waals surface area contributed by atoms with Gasteiger partial charge in [-0.3, -0.25) is 9.59 Å². The Labute approximate surface area is 164 Å². The van der Waals surface area contributed by atoms with Crippen molar-refractivity contribution < 1.29 is 14.3 Å². The van der Waals surface area contributed by atoms with Gasteiger partial charge in [0.15, 0.2) is 11.6 Å². The molecule has 2 aromatic rings. The zero-order valence-electron chi connectivity index (χ0n) is 14.3. The molecule has 0 spiro atoms. The van der Waals surface area contributed by atoms with Crippen LogP contribution in [0.4, 0.5) is 0 Å². The van der Waals surface area contributed by atoms with Crippen LogP contribution in [0.3, 0.4) is 0 Å². The molecule has 3 unspecified atom stereocenters. The maximum absolute atomic E-state index is 13.1. The van der Waals surface area contributed by atoms with E-state index in [4.69, 9.17) is 9.72 Å². The minimum absolute atomic E-state index is 0.0366. The van der Waals surface area contributed by atoms with Crippen molar-refractivity contribution >= 4 is 38.8 Å². The number of ketones is 2. The first-order chi connectivity index (χ1) is 12.6. The van der Waals surface area contributed by atoms with E-state index in [-0.39, 0.29) is 35.6 Å². The largest absolute Gasteiger partial charge is 0.373 e. The molecule has 4 nitrogen and oxygen atoms in total. The number of thiazole rings is 1. The number of carbonyl (C=O) groups excluding carboxylic acids is 2. The maximum Gasteiger partial charge on any atom is 0.155 e. The third kappa shape index (κ3) is 2.31. The summed E-state index contributed by atoms with van der Waals surface area (Å²) in [5, 5.41) is 0.876. The van der Waals surface area contributed by atoms with E-state index in [9.17, 15) is 9.59 Å². The van der Waals surface area contributed by atoms with Crippen molar-refractivity contribution in [2.75, 3.05) is 0 Å². The molecular formula is C20H18BrNO3S. The summed E-state index contributed by atoms with van der Waals surface area (Å²) >= 11 is 5.04. The summed E-state index contributed by atoms with van der Waals surface area (Å²) in [4.78, 5) is 32.0. The fourth-order valence-electron chi connectivity index (χ4n) is 4.75. The first-order valence-electron chi connectivity index (χ1n) is 9.07. The number of benzene rings is 1. The number of aryl methyl sites for hydroxylation is 1. The normalized spacial score (nSPS) is 32.5. The Bertz CT molecular complexity index is 878. The van der Waals surface area contributed by atoms with Gasteiger partial charge in [0.05, 0.1) is 29.7 Å². The van der Waals surface area contributed by atoms with Crippen molar-refractivity contribution in [1.82, 2.24) is 4.98 Å². The Morgan fingerprint density at radius 3 is 2.31 bits per heavy atom. The van der Waals surface area contributed by atoms with Gasteiger partial charge in [-0.05, 0) is 31.4 Å². The third-order valence-corrected chi connectivity index (χ3v) is 7.71. The van der Waals surface area contributed by atoms with Crippen LogP contribution >= 0.6 is 27.3 Å². The minimum atomic E-state index is -0.688. The molecule has 1 aromatic carbocycles. The first kappa shape index (κ1) is 16.8. The number of carbonyl (C=O) groups is 2. The monoisotopic (exact) mass is 431 g/mol. The molecule has 5 rings (SSSR count). The second-order valence-electron chi connectivity index (χ2n) is 7.27. The Kier molecular flexibility index (Phi) is 3.92. The van der Waals surface area contributed by atoms with Crippen LogP contribution in [0.1, 0.15) is 36.3 Å². The molecule has 134 valence electrons. The molecule has 1 aromatic heterocycles. The van der Waals surface area contributed by atoms with Crippen molar-refractivity contribution in [3.05, 3.63) is 39.3 Å². The molecule has 3 fully saturated rings. The molecule has 6 heteroatoms. The summed E-state index contributed by atoms with van der Waals surface area (Å²) < 4.78 is 6.85. The Hall–Kier alpha value is -1.37. The van der Waals surface area contributed by atoms with Gasteiger partial charge in [-0.25, -0.2) is 4.98 Å². The van der Waals surface area contributed by atoms with Crippen molar-refractivity contribution in [3.8, 4) is 10.6 Å². The molecule has 26 heavy (non-hydrogen) atoms. The van der Waals surface area contributed by atoms with Gasteiger partial charge in [0.2, 0.25) is 0 Å². The van der Waals surface area contributed by atoms with Crippen LogP contribution < -0.4 is 0 Å². The van der Waals surface area contributed by atoms with E-state index in [1.54, 1.807) is 11.3 Å². The number of aromatic nitrogens is 1. The molecule has 1 saturated carbocycles. The summed E-state index contributed by atoms with van der Waals surface area (Å²) in [6, 6.07) is 7.97. The fourth-order valence-corrected chi connectivity index (χ4v) is 6.06. The van der Waals surface area contributed by atoms with Gasteiger partial charge in [0, 0.05) is 14.9 Å². The van der Waals surface area contributed by atoms with E-state index < -0.39 is 5.92 Å². The van der Waals surface area contributed by atoms with Gasteiger partial charge in [-0.2, -0.15) is 0 Å². The number of fused-ring (bicyclic) bond motifs is 5. The Balaban J connectivity index is 1.55. The van der Waals surface area contributed by atoms with E-state index in [0.717, 1.165) is 39.2 Å². The molecular weight excluding hydrogens is 414 g/mol. The third-order valence-electron chi connectivity index (χ3n) is 5.91. The summed E-state index contributed by atoms with van der Waals surface area (Å²) in [6.45, 7) is 2.06. The van der Waals surface area contributed by atoms with Crippen LogP contribution in [-0.2, 0) is 20.7 Å². The lowest BCUT2D eigenvalue weighted by Crippen LogP contribution is -2.29. The van der Waals surface area contributed by atoms with E-state index in [2.05, 4.69) is 22.9 Å².